The maximum absolute atomic E-state index is 6.30. The first-order valence-electron chi connectivity index (χ1n) is 42.9. The van der Waals surface area contributed by atoms with Crippen molar-refractivity contribution in [3.63, 3.8) is 0 Å². The summed E-state index contributed by atoms with van der Waals surface area (Å²) < 4.78 is 37.1. The number of benzene rings is 2. The molecule has 8 nitrogen and oxygen atoms in total. The van der Waals surface area contributed by atoms with Gasteiger partial charge in [0.1, 0.15) is 11.5 Å². The number of likely N-dealkylation sites (N-methyl/N-ethyl adjacent to an activating group) is 2. The first-order valence-corrected chi connectivity index (χ1v) is 42.9. The SMILES string of the molecule is CNCC(COCCCCCCCCCCCCCCCOc1ccc(-c2ccc(OCCCCCCCCCCCCCCCOCC(CNC)OCCC(C)CCCC(C)CCCC(C)CCCC(C)C)cc2)cc1)OCCC(C)CCCC(C)CCCC(C)CCCC(C)C. The minimum atomic E-state index is 0.151. The van der Waals surface area contributed by atoms with E-state index in [9.17, 15) is 0 Å². The van der Waals surface area contributed by atoms with Gasteiger partial charge in [-0.05, 0) is 135 Å². The maximum Gasteiger partial charge on any atom is 0.119 e. The third kappa shape index (κ3) is 58.2. The van der Waals surface area contributed by atoms with Crippen LogP contribution in [0.4, 0.5) is 0 Å². The fourth-order valence-electron chi connectivity index (χ4n) is 14.3. The Kier molecular flexibility index (Phi) is 62.6. The third-order valence-electron chi connectivity index (χ3n) is 21.4. The molecule has 0 spiro atoms. The van der Waals surface area contributed by atoms with Crippen molar-refractivity contribution in [2.24, 2.45) is 47.3 Å². The quantitative estimate of drug-likeness (QED) is 0.0634. The molecule has 0 aliphatic carbocycles. The molecular weight excluding hydrogens is 1200 g/mol. The molecule has 8 atom stereocenters. The Labute approximate surface area is 611 Å². The summed E-state index contributed by atoms with van der Waals surface area (Å²) in [5.74, 6) is 8.61. The number of hydrogen-bond acceptors (Lipinski definition) is 8. The molecule has 0 aliphatic heterocycles. The highest BCUT2D eigenvalue weighted by atomic mass is 16.5. The van der Waals surface area contributed by atoms with Crippen LogP contribution in [-0.4, -0.2) is 92.2 Å². The van der Waals surface area contributed by atoms with Gasteiger partial charge < -0.3 is 39.1 Å². The van der Waals surface area contributed by atoms with E-state index in [2.05, 4.69) is 128 Å². The van der Waals surface area contributed by atoms with Crippen LogP contribution in [0.1, 0.15) is 365 Å². The van der Waals surface area contributed by atoms with E-state index < -0.39 is 0 Å². The van der Waals surface area contributed by atoms with Gasteiger partial charge in [-0.15, -0.1) is 0 Å². The second-order valence-corrected chi connectivity index (χ2v) is 32.8. The minimum absolute atomic E-state index is 0.151. The molecular formula is C90H168N2O6. The van der Waals surface area contributed by atoms with Crippen molar-refractivity contribution in [1.29, 1.82) is 0 Å². The van der Waals surface area contributed by atoms with Crippen LogP contribution in [0.3, 0.4) is 0 Å². The van der Waals surface area contributed by atoms with Crippen LogP contribution in [0, 0.1) is 47.3 Å². The number of ether oxygens (including phenoxy) is 6. The lowest BCUT2D eigenvalue weighted by molar-refractivity contribution is -0.0194. The van der Waals surface area contributed by atoms with Crippen molar-refractivity contribution < 1.29 is 28.4 Å². The maximum atomic E-state index is 6.30. The zero-order valence-electron chi connectivity index (χ0n) is 67.4. The molecule has 2 N–H and O–H groups in total. The Hall–Kier alpha value is -2.20. The van der Waals surface area contributed by atoms with E-state index in [1.165, 1.54) is 268 Å². The number of unbranched alkanes of at least 4 members (excludes halogenated alkanes) is 24. The fraction of sp³-hybridized carbons (Fsp3) is 0.867. The highest BCUT2D eigenvalue weighted by Gasteiger charge is 2.15. The lowest BCUT2D eigenvalue weighted by Gasteiger charge is -2.20. The Morgan fingerprint density at radius 1 is 0.245 bits per heavy atom. The molecule has 0 fully saturated rings. The van der Waals surface area contributed by atoms with Gasteiger partial charge in [-0.2, -0.15) is 0 Å². The fourth-order valence-corrected chi connectivity index (χ4v) is 14.3. The molecule has 8 heteroatoms. The van der Waals surface area contributed by atoms with Crippen molar-refractivity contribution >= 4 is 0 Å². The smallest absolute Gasteiger partial charge is 0.119 e. The van der Waals surface area contributed by atoms with Crippen LogP contribution >= 0.6 is 0 Å². The van der Waals surface area contributed by atoms with E-state index in [0.717, 1.165) is 150 Å². The van der Waals surface area contributed by atoms with Gasteiger partial charge in [-0.25, -0.2) is 0 Å². The number of nitrogens with one attached hydrogen (secondary N) is 2. The molecule has 2 aromatic rings. The summed E-state index contributed by atoms with van der Waals surface area (Å²) in [5, 5.41) is 6.63. The summed E-state index contributed by atoms with van der Waals surface area (Å²) in [6.07, 6.45) is 61.8. The summed E-state index contributed by atoms with van der Waals surface area (Å²) in [6, 6.07) is 17.2. The van der Waals surface area contributed by atoms with Crippen LogP contribution in [0.2, 0.25) is 0 Å². The molecule has 0 bridgehead atoms. The largest absolute Gasteiger partial charge is 0.494 e. The Bertz CT molecular complexity index is 1790. The molecule has 0 aliphatic rings. The van der Waals surface area contributed by atoms with E-state index >= 15 is 0 Å². The topological polar surface area (TPSA) is 79.4 Å². The predicted octanol–water partition coefficient (Wildman–Crippen LogP) is 26.4. The van der Waals surface area contributed by atoms with Gasteiger partial charge in [0.2, 0.25) is 0 Å². The van der Waals surface area contributed by atoms with Gasteiger partial charge in [-0.1, -0.05) is 350 Å². The van der Waals surface area contributed by atoms with Crippen LogP contribution < -0.4 is 20.1 Å². The van der Waals surface area contributed by atoms with Crippen molar-refractivity contribution in [1.82, 2.24) is 10.6 Å². The first kappa shape index (κ1) is 91.9. The average Bonchev–Trinajstić information content (AvgIpc) is 0.898. The molecule has 0 radical (unpaired) electrons. The van der Waals surface area contributed by atoms with Crippen LogP contribution in [0.15, 0.2) is 48.5 Å². The molecule has 98 heavy (non-hydrogen) atoms. The van der Waals surface area contributed by atoms with E-state index in [1.807, 2.05) is 14.1 Å². The molecule has 0 saturated carbocycles. The van der Waals surface area contributed by atoms with Gasteiger partial charge in [0.25, 0.3) is 0 Å². The first-order chi connectivity index (χ1) is 47.8. The molecule has 574 valence electrons. The predicted molar refractivity (Wildman–Crippen MR) is 429 cm³/mol. The molecule has 0 saturated heterocycles. The number of rotatable bonds is 75. The zero-order chi connectivity index (χ0) is 71.0. The minimum Gasteiger partial charge on any atom is -0.494 e. The molecule has 0 amide bonds. The standard InChI is InChI=1S/C90H168N2O6/c1-77(2)45-39-47-79(5)49-41-51-81(7)53-43-55-83(9)65-71-97-89(73-91-11)75-93-67-35-31-27-23-19-15-13-17-21-25-29-33-37-69-95-87-61-57-85(58-62-87)86-59-63-88(64-60-86)96-70-38-34-30-26-22-18-14-16-20-24-28-32-36-68-94-76-90(74-92-12)98-72-66-84(10)56-44-54-82(8)52-42-50-80(6)48-40-46-78(3)4/h57-64,77-84,89-92H,13-56,65-76H2,1-12H3. The van der Waals surface area contributed by atoms with Crippen LogP contribution in [0.5, 0.6) is 11.5 Å². The van der Waals surface area contributed by atoms with E-state index in [0.29, 0.717) is 13.2 Å². The van der Waals surface area contributed by atoms with Gasteiger partial charge in [-0.3, -0.25) is 0 Å². The monoisotopic (exact) mass is 1370 g/mol. The summed E-state index contributed by atoms with van der Waals surface area (Å²) in [4.78, 5) is 0. The molecule has 0 heterocycles. The van der Waals surface area contributed by atoms with Crippen LogP contribution in [-0.2, 0) is 18.9 Å². The van der Waals surface area contributed by atoms with Gasteiger partial charge in [0.05, 0.1) is 38.6 Å². The van der Waals surface area contributed by atoms with Crippen LogP contribution in [0.25, 0.3) is 11.1 Å². The lowest BCUT2D eigenvalue weighted by atomic mass is 9.91. The molecule has 8 unspecified atom stereocenters. The Balaban J connectivity index is 1.33. The molecule has 0 aromatic heterocycles. The Morgan fingerprint density at radius 3 is 0.714 bits per heavy atom. The summed E-state index contributed by atoms with van der Waals surface area (Å²) in [5.41, 5.74) is 2.43. The normalized spacial score (nSPS) is 14.5. The van der Waals surface area contributed by atoms with Gasteiger partial charge in [0, 0.05) is 39.5 Å². The van der Waals surface area contributed by atoms with Crippen molar-refractivity contribution in [3.05, 3.63) is 48.5 Å². The van der Waals surface area contributed by atoms with E-state index in [-0.39, 0.29) is 12.2 Å². The highest BCUT2D eigenvalue weighted by Crippen LogP contribution is 2.28. The zero-order valence-corrected chi connectivity index (χ0v) is 67.4. The second-order valence-electron chi connectivity index (χ2n) is 32.8. The molecule has 2 aromatic carbocycles. The van der Waals surface area contributed by atoms with Crippen molar-refractivity contribution in [3.8, 4) is 22.6 Å². The van der Waals surface area contributed by atoms with E-state index in [1.54, 1.807) is 0 Å². The molecule has 2 rings (SSSR count). The number of hydrogen-bond donors (Lipinski definition) is 2. The second kappa shape index (κ2) is 66.7. The Morgan fingerprint density at radius 2 is 0.469 bits per heavy atom. The third-order valence-corrected chi connectivity index (χ3v) is 21.4. The summed E-state index contributed by atoms with van der Waals surface area (Å²) in [6.45, 7) is 32.2. The van der Waals surface area contributed by atoms with Gasteiger partial charge >= 0.3 is 0 Å². The van der Waals surface area contributed by atoms with E-state index in [4.69, 9.17) is 28.4 Å². The van der Waals surface area contributed by atoms with Crippen molar-refractivity contribution in [2.75, 3.05) is 80.0 Å². The van der Waals surface area contributed by atoms with Crippen molar-refractivity contribution in [2.45, 2.75) is 377 Å². The highest BCUT2D eigenvalue weighted by molar-refractivity contribution is 5.64. The average molecular weight is 1370 g/mol. The summed E-state index contributed by atoms with van der Waals surface area (Å²) in [7, 11) is 4.04. The lowest BCUT2D eigenvalue weighted by Crippen LogP contribution is -2.31. The summed E-state index contributed by atoms with van der Waals surface area (Å²) >= 11 is 0. The van der Waals surface area contributed by atoms with Gasteiger partial charge in [0.15, 0.2) is 0 Å².